The van der Waals surface area contributed by atoms with Crippen molar-refractivity contribution in [3.8, 4) is 5.75 Å². The maximum absolute atomic E-state index is 13.8. The Labute approximate surface area is 239 Å². The second kappa shape index (κ2) is 12.0. The van der Waals surface area contributed by atoms with Crippen LogP contribution in [0.3, 0.4) is 0 Å². The van der Waals surface area contributed by atoms with E-state index in [0.29, 0.717) is 33.0 Å². The minimum atomic E-state index is -0.637. The van der Waals surface area contributed by atoms with Gasteiger partial charge in [-0.1, -0.05) is 36.1 Å². The first-order chi connectivity index (χ1) is 17.8. The lowest BCUT2D eigenvalue weighted by Crippen LogP contribution is -2.39. The van der Waals surface area contributed by atoms with Crippen LogP contribution in [0.25, 0.3) is 6.08 Å². The highest BCUT2D eigenvalue weighted by atomic mass is 79.9. The number of fused-ring (bicyclic) bond motifs is 1. The van der Waals surface area contributed by atoms with Gasteiger partial charge in [-0.2, -0.15) is 0 Å². The number of nitrogens with zero attached hydrogens (tertiary/aromatic N) is 2. The Balaban J connectivity index is 1.88. The summed E-state index contributed by atoms with van der Waals surface area (Å²) in [5.74, 6) is 0.182. The normalized spacial score (nSPS) is 15.3. The molecule has 192 valence electrons. The van der Waals surface area contributed by atoms with Crippen LogP contribution in [0.1, 0.15) is 31.0 Å². The summed E-state index contributed by atoms with van der Waals surface area (Å²) in [5.41, 5.74) is 2.30. The van der Waals surface area contributed by atoms with Crippen LogP contribution in [-0.2, 0) is 9.53 Å². The van der Waals surface area contributed by atoms with E-state index in [4.69, 9.17) is 9.47 Å². The van der Waals surface area contributed by atoms with Crippen molar-refractivity contribution in [2.24, 2.45) is 4.99 Å². The van der Waals surface area contributed by atoms with Gasteiger partial charge in [-0.3, -0.25) is 9.36 Å². The largest absolute Gasteiger partial charge is 0.487 e. The van der Waals surface area contributed by atoms with Crippen LogP contribution in [0.5, 0.6) is 5.75 Å². The van der Waals surface area contributed by atoms with Crippen molar-refractivity contribution in [2.75, 3.05) is 19.5 Å². The van der Waals surface area contributed by atoms with Gasteiger partial charge in [0.05, 0.1) is 37.4 Å². The van der Waals surface area contributed by atoms with Crippen LogP contribution >= 0.6 is 55.0 Å². The van der Waals surface area contributed by atoms with E-state index in [-0.39, 0.29) is 12.2 Å². The molecule has 0 spiro atoms. The molecule has 1 atom stereocenters. The zero-order valence-electron chi connectivity index (χ0n) is 20.4. The number of hydrogen-bond donors (Lipinski definition) is 0. The van der Waals surface area contributed by atoms with Crippen molar-refractivity contribution in [2.45, 2.75) is 24.8 Å². The summed E-state index contributed by atoms with van der Waals surface area (Å²) >= 11 is 10.0. The Hall–Kier alpha value is -2.40. The zero-order valence-corrected chi connectivity index (χ0v) is 25.2. The molecule has 0 amide bonds. The number of hydrogen-bond acceptors (Lipinski definition) is 7. The van der Waals surface area contributed by atoms with Crippen LogP contribution in [-0.4, -0.2) is 30.0 Å². The predicted molar refractivity (Wildman–Crippen MR) is 156 cm³/mol. The second-order valence-corrected chi connectivity index (χ2v) is 11.6. The number of allylic oxidation sites excluding steroid dienone is 1. The van der Waals surface area contributed by atoms with Gasteiger partial charge in [0.25, 0.3) is 5.56 Å². The molecule has 1 aliphatic heterocycles. The predicted octanol–water partition coefficient (Wildman–Crippen LogP) is 5.61. The summed E-state index contributed by atoms with van der Waals surface area (Å²) < 4.78 is 14.6. The van der Waals surface area contributed by atoms with Gasteiger partial charge >= 0.3 is 5.97 Å². The molecule has 1 aromatic heterocycles. The minimum Gasteiger partial charge on any atom is -0.487 e. The molecular weight excluding hydrogens is 640 g/mol. The van der Waals surface area contributed by atoms with Crippen LogP contribution in [0.2, 0.25) is 0 Å². The van der Waals surface area contributed by atoms with Gasteiger partial charge in [-0.15, -0.1) is 11.8 Å². The number of thioether (sulfide) groups is 1. The number of ether oxygens (including phenoxy) is 2. The molecule has 6 nitrogen and oxygen atoms in total. The maximum atomic E-state index is 13.8. The SMILES string of the molecule is C=CCOc1c(Br)cc(/C=c2\sc3n(c2=O)[C@@H](c2ccc(SC)cc2)C(C(=O)OCC)=C(C)N=3)cc1Br. The van der Waals surface area contributed by atoms with Crippen LogP contribution < -0.4 is 19.6 Å². The van der Waals surface area contributed by atoms with E-state index in [0.717, 1.165) is 25.0 Å². The molecule has 0 aliphatic carbocycles. The highest BCUT2D eigenvalue weighted by Gasteiger charge is 2.33. The Morgan fingerprint density at radius 1 is 1.24 bits per heavy atom. The van der Waals surface area contributed by atoms with Gasteiger partial charge in [0.1, 0.15) is 12.4 Å². The summed E-state index contributed by atoms with van der Waals surface area (Å²) in [5, 5.41) is 0. The number of aromatic nitrogens is 1. The van der Waals surface area contributed by atoms with Crippen LogP contribution in [0.15, 0.2) is 84.0 Å². The number of halogens is 2. The van der Waals surface area contributed by atoms with Gasteiger partial charge in [0.15, 0.2) is 4.80 Å². The van der Waals surface area contributed by atoms with E-state index in [2.05, 4.69) is 43.4 Å². The Bertz CT molecular complexity index is 1550. The van der Waals surface area contributed by atoms with Crippen LogP contribution in [0, 0.1) is 0 Å². The molecule has 0 bridgehead atoms. The fourth-order valence-corrected chi connectivity index (χ4v) is 6.89. The first-order valence-electron chi connectivity index (χ1n) is 11.3. The molecule has 4 rings (SSSR count). The fourth-order valence-electron chi connectivity index (χ4n) is 3.99. The lowest BCUT2D eigenvalue weighted by molar-refractivity contribution is -0.139. The molecule has 0 fully saturated rings. The quantitative estimate of drug-likeness (QED) is 0.178. The van der Waals surface area contributed by atoms with Gasteiger partial charge in [-0.05, 0) is 93.4 Å². The fraction of sp³-hybridized carbons (Fsp3) is 0.222. The molecule has 10 heteroatoms. The lowest BCUT2D eigenvalue weighted by Gasteiger charge is -2.24. The third-order valence-electron chi connectivity index (χ3n) is 5.61. The van der Waals surface area contributed by atoms with Crippen molar-refractivity contribution in [1.29, 1.82) is 0 Å². The monoisotopic (exact) mass is 662 g/mol. The van der Waals surface area contributed by atoms with Gasteiger partial charge in [0.2, 0.25) is 0 Å². The summed E-state index contributed by atoms with van der Waals surface area (Å²) in [6.07, 6.45) is 5.49. The topological polar surface area (TPSA) is 69.9 Å². The van der Waals surface area contributed by atoms with E-state index in [9.17, 15) is 9.59 Å². The Kier molecular flexibility index (Phi) is 8.94. The molecule has 3 aromatic rings. The molecule has 37 heavy (non-hydrogen) atoms. The molecule has 2 aromatic carbocycles. The minimum absolute atomic E-state index is 0.226. The smallest absolute Gasteiger partial charge is 0.338 e. The number of rotatable bonds is 8. The third-order valence-corrected chi connectivity index (χ3v) is 8.52. The summed E-state index contributed by atoms with van der Waals surface area (Å²) in [6.45, 7) is 7.82. The summed E-state index contributed by atoms with van der Waals surface area (Å²) in [6, 6.07) is 11.0. The Morgan fingerprint density at radius 2 is 1.92 bits per heavy atom. The Morgan fingerprint density at radius 3 is 2.51 bits per heavy atom. The molecule has 1 aliphatic rings. The molecule has 0 saturated carbocycles. The van der Waals surface area contributed by atoms with Crippen molar-refractivity contribution in [3.63, 3.8) is 0 Å². The lowest BCUT2D eigenvalue weighted by atomic mass is 9.96. The van der Waals surface area contributed by atoms with E-state index >= 15 is 0 Å². The number of thiazole rings is 1. The molecule has 0 N–H and O–H groups in total. The molecule has 0 unspecified atom stereocenters. The van der Waals surface area contributed by atoms with E-state index in [1.54, 1.807) is 36.3 Å². The second-order valence-electron chi connectivity index (χ2n) is 7.99. The van der Waals surface area contributed by atoms with Crippen molar-refractivity contribution in [3.05, 3.63) is 100 Å². The van der Waals surface area contributed by atoms with E-state index in [1.807, 2.05) is 48.7 Å². The zero-order chi connectivity index (χ0) is 26.7. The van der Waals surface area contributed by atoms with E-state index in [1.165, 1.54) is 11.3 Å². The number of carbonyl (C=O) groups is 1. The van der Waals surface area contributed by atoms with Gasteiger partial charge in [-0.25, -0.2) is 9.79 Å². The first kappa shape index (κ1) is 27.6. The van der Waals surface area contributed by atoms with Crippen LogP contribution in [0.4, 0.5) is 0 Å². The maximum Gasteiger partial charge on any atom is 0.338 e. The van der Waals surface area contributed by atoms with E-state index < -0.39 is 12.0 Å². The third kappa shape index (κ3) is 5.72. The number of carbonyl (C=O) groups excluding carboxylic acids is 1. The molecule has 0 radical (unpaired) electrons. The van der Waals surface area contributed by atoms with Gasteiger partial charge in [0, 0.05) is 4.90 Å². The highest BCUT2D eigenvalue weighted by molar-refractivity contribution is 9.11. The summed E-state index contributed by atoms with van der Waals surface area (Å²) in [7, 11) is 0. The molecular formula is C27H24Br2N2O4S2. The number of esters is 1. The van der Waals surface area contributed by atoms with Crippen molar-refractivity contribution >= 4 is 67.0 Å². The first-order valence-corrected chi connectivity index (χ1v) is 15.0. The van der Waals surface area contributed by atoms with Gasteiger partial charge < -0.3 is 9.47 Å². The standard InChI is InChI=1S/C27H24Br2N2O4S2/c1-5-11-35-24-19(28)12-16(13-20(24)29)14-21-25(32)31-23(17-7-9-18(36-4)10-8-17)22(26(33)34-6-2)15(3)30-27(31)37-21/h5,7-10,12-14,23H,1,6,11H2,2-4H3/b21-14-/t23-/m0/s1. The van der Waals surface area contributed by atoms with Crippen molar-refractivity contribution in [1.82, 2.24) is 4.57 Å². The molecule has 0 saturated heterocycles. The molecule has 2 heterocycles. The van der Waals surface area contributed by atoms with Crippen molar-refractivity contribution < 1.29 is 14.3 Å². The number of benzene rings is 2. The average Bonchev–Trinajstić information content (AvgIpc) is 3.17. The highest BCUT2D eigenvalue weighted by Crippen LogP contribution is 2.35. The summed E-state index contributed by atoms with van der Waals surface area (Å²) in [4.78, 5) is 33.1. The average molecular weight is 664 g/mol.